The zero-order valence-electron chi connectivity index (χ0n) is 13.6. The Bertz CT molecular complexity index is 663. The lowest BCUT2D eigenvalue weighted by Crippen LogP contribution is -2.43. The van der Waals surface area contributed by atoms with Crippen molar-refractivity contribution in [2.75, 3.05) is 19.7 Å². The largest absolute Gasteiger partial charge is 0.377 e. The molecule has 0 radical (unpaired) electrons. The standard InChI is InChI=1S/C17H22N4O2/c1-3-23-15-5-4-10-20(11-15)17(22)16-12-21(19-18-16)14-8-6-13(2)7-9-14/h6-9,12,15H,3-5,10-11H2,1-2H3/t15-/m1/s1. The van der Waals surface area contributed by atoms with Crippen LogP contribution in [0.2, 0.25) is 0 Å². The molecule has 1 aliphatic rings. The van der Waals surface area contributed by atoms with Crippen molar-refractivity contribution in [2.24, 2.45) is 0 Å². The van der Waals surface area contributed by atoms with Gasteiger partial charge in [-0.05, 0) is 38.8 Å². The van der Waals surface area contributed by atoms with Crippen LogP contribution in [-0.2, 0) is 4.74 Å². The van der Waals surface area contributed by atoms with Crippen molar-refractivity contribution in [2.45, 2.75) is 32.8 Å². The van der Waals surface area contributed by atoms with Crippen molar-refractivity contribution < 1.29 is 9.53 Å². The molecule has 0 bridgehead atoms. The fourth-order valence-electron chi connectivity index (χ4n) is 2.84. The van der Waals surface area contributed by atoms with Crippen molar-refractivity contribution >= 4 is 5.91 Å². The molecule has 2 aromatic rings. The second kappa shape index (κ2) is 6.91. The van der Waals surface area contributed by atoms with Crippen molar-refractivity contribution in [3.05, 3.63) is 41.7 Å². The van der Waals surface area contributed by atoms with Gasteiger partial charge >= 0.3 is 0 Å². The first-order valence-corrected chi connectivity index (χ1v) is 8.07. The average molecular weight is 314 g/mol. The minimum absolute atomic E-state index is 0.0761. The second-order valence-electron chi connectivity index (χ2n) is 5.85. The van der Waals surface area contributed by atoms with E-state index >= 15 is 0 Å². The molecule has 1 atom stereocenters. The van der Waals surface area contributed by atoms with Gasteiger partial charge in [-0.15, -0.1) is 5.10 Å². The number of rotatable bonds is 4. The van der Waals surface area contributed by atoms with Crippen LogP contribution >= 0.6 is 0 Å². The molecule has 23 heavy (non-hydrogen) atoms. The molecule has 2 heterocycles. The number of carbonyl (C=O) groups excluding carboxylic acids is 1. The molecule has 0 aliphatic carbocycles. The first kappa shape index (κ1) is 15.7. The summed E-state index contributed by atoms with van der Waals surface area (Å²) in [6, 6.07) is 7.94. The van der Waals surface area contributed by atoms with Crippen LogP contribution in [0.25, 0.3) is 5.69 Å². The molecule has 1 aromatic heterocycles. The Morgan fingerprint density at radius 3 is 2.87 bits per heavy atom. The number of ether oxygens (including phenoxy) is 1. The molecule has 0 spiro atoms. The van der Waals surface area contributed by atoms with E-state index in [1.54, 1.807) is 10.9 Å². The number of benzene rings is 1. The third-order valence-corrected chi connectivity index (χ3v) is 4.08. The van der Waals surface area contributed by atoms with Crippen LogP contribution in [0, 0.1) is 6.92 Å². The van der Waals surface area contributed by atoms with E-state index in [0.717, 1.165) is 25.1 Å². The summed E-state index contributed by atoms with van der Waals surface area (Å²) in [7, 11) is 0. The van der Waals surface area contributed by atoms with E-state index in [1.807, 2.05) is 43.0 Å². The SMILES string of the molecule is CCO[C@@H]1CCCN(C(=O)c2cn(-c3ccc(C)cc3)nn2)C1. The number of carbonyl (C=O) groups is 1. The highest BCUT2D eigenvalue weighted by atomic mass is 16.5. The van der Waals surface area contributed by atoms with Crippen molar-refractivity contribution in [1.29, 1.82) is 0 Å². The van der Waals surface area contributed by atoms with Gasteiger partial charge in [-0.1, -0.05) is 22.9 Å². The minimum Gasteiger partial charge on any atom is -0.377 e. The summed E-state index contributed by atoms with van der Waals surface area (Å²) < 4.78 is 7.29. The lowest BCUT2D eigenvalue weighted by molar-refractivity contribution is 0.00703. The predicted octanol–water partition coefficient (Wildman–Crippen LogP) is 2.22. The van der Waals surface area contributed by atoms with E-state index in [9.17, 15) is 4.79 Å². The number of aryl methyl sites for hydroxylation is 1. The molecule has 1 saturated heterocycles. The van der Waals surface area contributed by atoms with Gasteiger partial charge < -0.3 is 9.64 Å². The Balaban J connectivity index is 1.72. The molecule has 6 nitrogen and oxygen atoms in total. The highest BCUT2D eigenvalue weighted by Gasteiger charge is 2.26. The molecule has 1 aromatic carbocycles. The molecule has 1 aliphatic heterocycles. The van der Waals surface area contributed by atoms with Gasteiger partial charge in [0.2, 0.25) is 0 Å². The van der Waals surface area contributed by atoms with E-state index in [4.69, 9.17) is 4.74 Å². The fraction of sp³-hybridized carbons (Fsp3) is 0.471. The van der Waals surface area contributed by atoms with Crippen LogP contribution in [-0.4, -0.2) is 51.6 Å². The number of aromatic nitrogens is 3. The summed E-state index contributed by atoms with van der Waals surface area (Å²) in [5, 5.41) is 8.12. The number of likely N-dealkylation sites (tertiary alicyclic amines) is 1. The minimum atomic E-state index is -0.0761. The zero-order valence-corrected chi connectivity index (χ0v) is 13.6. The lowest BCUT2D eigenvalue weighted by atomic mass is 10.1. The maximum atomic E-state index is 12.6. The van der Waals surface area contributed by atoms with Gasteiger partial charge in [-0.2, -0.15) is 0 Å². The Kier molecular flexibility index (Phi) is 4.71. The summed E-state index contributed by atoms with van der Waals surface area (Å²) in [5.41, 5.74) is 2.45. The monoisotopic (exact) mass is 314 g/mol. The smallest absolute Gasteiger partial charge is 0.276 e. The van der Waals surface area contributed by atoms with Crippen LogP contribution in [0.3, 0.4) is 0 Å². The summed E-state index contributed by atoms with van der Waals surface area (Å²) in [4.78, 5) is 14.4. The Morgan fingerprint density at radius 2 is 2.13 bits per heavy atom. The Hall–Kier alpha value is -2.21. The number of hydrogen-bond acceptors (Lipinski definition) is 4. The van der Waals surface area contributed by atoms with E-state index < -0.39 is 0 Å². The van der Waals surface area contributed by atoms with Gasteiger partial charge in [0.15, 0.2) is 5.69 Å². The molecule has 0 saturated carbocycles. The predicted molar refractivity (Wildman–Crippen MR) is 86.6 cm³/mol. The molecule has 122 valence electrons. The highest BCUT2D eigenvalue weighted by Crippen LogP contribution is 2.16. The maximum absolute atomic E-state index is 12.6. The van der Waals surface area contributed by atoms with Crippen molar-refractivity contribution in [3.8, 4) is 5.69 Å². The van der Waals surface area contributed by atoms with Gasteiger partial charge in [0.25, 0.3) is 5.91 Å². The second-order valence-corrected chi connectivity index (χ2v) is 5.85. The average Bonchev–Trinajstić information content (AvgIpc) is 3.05. The first-order valence-electron chi connectivity index (χ1n) is 8.07. The molecule has 0 N–H and O–H groups in total. The van der Waals surface area contributed by atoms with Crippen molar-refractivity contribution in [3.63, 3.8) is 0 Å². The third-order valence-electron chi connectivity index (χ3n) is 4.08. The highest BCUT2D eigenvalue weighted by molar-refractivity contribution is 5.92. The third kappa shape index (κ3) is 3.59. The van der Waals surface area contributed by atoms with Gasteiger partial charge in [0.1, 0.15) is 0 Å². The number of hydrogen-bond donors (Lipinski definition) is 0. The molecular weight excluding hydrogens is 292 g/mol. The zero-order chi connectivity index (χ0) is 16.2. The number of nitrogens with zero attached hydrogens (tertiary/aromatic N) is 4. The summed E-state index contributed by atoms with van der Waals surface area (Å²) in [5.74, 6) is -0.0761. The summed E-state index contributed by atoms with van der Waals surface area (Å²) >= 11 is 0. The molecule has 6 heteroatoms. The van der Waals surface area contributed by atoms with E-state index in [2.05, 4.69) is 10.3 Å². The molecule has 0 unspecified atom stereocenters. The topological polar surface area (TPSA) is 60.2 Å². The molecule has 1 amide bonds. The molecular formula is C17H22N4O2. The Labute approximate surface area is 136 Å². The molecule has 3 rings (SSSR count). The summed E-state index contributed by atoms with van der Waals surface area (Å²) in [6.45, 7) is 6.07. The summed E-state index contributed by atoms with van der Waals surface area (Å²) in [6.07, 6.45) is 3.79. The number of amides is 1. The van der Waals surface area contributed by atoms with E-state index in [1.165, 1.54) is 5.56 Å². The van der Waals surface area contributed by atoms with Gasteiger partial charge in [-0.3, -0.25) is 4.79 Å². The molecule has 1 fully saturated rings. The maximum Gasteiger partial charge on any atom is 0.276 e. The van der Waals surface area contributed by atoms with Crippen LogP contribution < -0.4 is 0 Å². The van der Waals surface area contributed by atoms with Crippen LogP contribution in [0.1, 0.15) is 35.8 Å². The van der Waals surface area contributed by atoms with E-state index in [0.29, 0.717) is 18.8 Å². The van der Waals surface area contributed by atoms with Crippen LogP contribution in [0.15, 0.2) is 30.5 Å². The normalized spacial score (nSPS) is 18.2. The fourth-order valence-corrected chi connectivity index (χ4v) is 2.84. The quantitative estimate of drug-likeness (QED) is 0.868. The number of piperidine rings is 1. The van der Waals surface area contributed by atoms with Gasteiger partial charge in [0.05, 0.1) is 18.0 Å². The van der Waals surface area contributed by atoms with Crippen LogP contribution in [0.4, 0.5) is 0 Å². The lowest BCUT2D eigenvalue weighted by Gasteiger charge is -2.31. The van der Waals surface area contributed by atoms with Gasteiger partial charge in [0, 0.05) is 19.7 Å². The van der Waals surface area contributed by atoms with Crippen LogP contribution in [0.5, 0.6) is 0 Å². The first-order chi connectivity index (χ1) is 11.2. The van der Waals surface area contributed by atoms with E-state index in [-0.39, 0.29) is 12.0 Å². The van der Waals surface area contributed by atoms with Gasteiger partial charge in [-0.25, -0.2) is 4.68 Å². The Morgan fingerprint density at radius 1 is 1.35 bits per heavy atom. The van der Waals surface area contributed by atoms with Crippen molar-refractivity contribution in [1.82, 2.24) is 19.9 Å².